The molecule has 4 rings (SSSR count). The van der Waals surface area contributed by atoms with Crippen LogP contribution >= 0.6 is 0 Å². The largest absolute Gasteiger partial charge is 0.494 e. The molecule has 0 bridgehead atoms. The van der Waals surface area contributed by atoms with Crippen LogP contribution in [0.1, 0.15) is 18.9 Å². The predicted molar refractivity (Wildman–Crippen MR) is 126 cm³/mol. The van der Waals surface area contributed by atoms with E-state index in [1.807, 2.05) is 54.3 Å². The first kappa shape index (κ1) is 22.8. The molecule has 2 aliphatic rings. The molecule has 0 aliphatic carbocycles. The van der Waals surface area contributed by atoms with Crippen LogP contribution < -0.4 is 9.64 Å². The van der Waals surface area contributed by atoms with Gasteiger partial charge >= 0.3 is 0 Å². The number of rotatable bonds is 9. The van der Waals surface area contributed by atoms with Crippen molar-refractivity contribution in [3.05, 3.63) is 59.9 Å². The second-order valence-corrected chi connectivity index (χ2v) is 7.95. The van der Waals surface area contributed by atoms with Crippen molar-refractivity contribution in [2.75, 3.05) is 57.9 Å². The number of hydrogen-bond acceptors (Lipinski definition) is 7. The van der Waals surface area contributed by atoms with E-state index in [0.717, 1.165) is 30.2 Å². The first-order valence-electron chi connectivity index (χ1n) is 11.4. The number of benzene rings is 1. The third kappa shape index (κ3) is 4.85. The van der Waals surface area contributed by atoms with Crippen molar-refractivity contribution in [1.82, 2.24) is 14.8 Å². The van der Waals surface area contributed by atoms with E-state index in [-0.39, 0.29) is 11.8 Å². The van der Waals surface area contributed by atoms with Crippen LogP contribution in [0.5, 0.6) is 5.75 Å². The number of anilines is 1. The highest BCUT2D eigenvalue weighted by Crippen LogP contribution is 2.33. The quantitative estimate of drug-likeness (QED) is 0.429. The third-order valence-corrected chi connectivity index (χ3v) is 5.90. The fourth-order valence-electron chi connectivity index (χ4n) is 4.27. The summed E-state index contributed by atoms with van der Waals surface area (Å²) in [7, 11) is 1.61. The zero-order valence-corrected chi connectivity index (χ0v) is 19.2. The van der Waals surface area contributed by atoms with Gasteiger partial charge in [0, 0.05) is 52.6 Å². The van der Waals surface area contributed by atoms with Crippen LogP contribution in [0.4, 0.5) is 5.82 Å². The molecule has 1 fully saturated rings. The first-order chi connectivity index (χ1) is 16.1. The van der Waals surface area contributed by atoms with Crippen LogP contribution in [-0.2, 0) is 14.3 Å². The maximum absolute atomic E-state index is 13.4. The Morgan fingerprint density at radius 3 is 2.30 bits per heavy atom. The Labute approximate surface area is 194 Å². The fraction of sp³-hybridized carbons (Fsp3) is 0.400. The second-order valence-electron chi connectivity index (χ2n) is 7.95. The number of methoxy groups -OCH3 is 1. The van der Waals surface area contributed by atoms with Crippen LogP contribution in [0.25, 0.3) is 5.57 Å². The Morgan fingerprint density at radius 2 is 1.67 bits per heavy atom. The molecule has 33 heavy (non-hydrogen) atoms. The van der Waals surface area contributed by atoms with Gasteiger partial charge in [0.15, 0.2) is 0 Å². The van der Waals surface area contributed by atoms with E-state index in [4.69, 9.17) is 9.47 Å². The molecule has 0 atom stereocenters. The van der Waals surface area contributed by atoms with Crippen molar-refractivity contribution in [1.29, 1.82) is 0 Å². The van der Waals surface area contributed by atoms with Crippen LogP contribution in [0.2, 0.25) is 0 Å². The fourth-order valence-corrected chi connectivity index (χ4v) is 4.27. The van der Waals surface area contributed by atoms with Crippen LogP contribution in [0.15, 0.2) is 54.4 Å². The molecule has 0 spiro atoms. The average molecular weight is 451 g/mol. The van der Waals surface area contributed by atoms with Gasteiger partial charge in [0.1, 0.15) is 17.3 Å². The van der Waals surface area contributed by atoms with E-state index in [0.29, 0.717) is 50.5 Å². The van der Waals surface area contributed by atoms with Gasteiger partial charge in [0.05, 0.1) is 12.2 Å². The Hall–Kier alpha value is -3.39. The molecule has 2 aromatic rings. The van der Waals surface area contributed by atoms with Gasteiger partial charge in [-0.2, -0.15) is 0 Å². The molecule has 0 N–H and O–H groups in total. The van der Waals surface area contributed by atoms with E-state index in [2.05, 4.69) is 9.88 Å². The van der Waals surface area contributed by atoms with E-state index < -0.39 is 0 Å². The van der Waals surface area contributed by atoms with E-state index in [1.54, 1.807) is 13.3 Å². The summed E-state index contributed by atoms with van der Waals surface area (Å²) in [5.41, 5.74) is 1.68. The first-order valence-corrected chi connectivity index (χ1v) is 11.4. The lowest BCUT2D eigenvalue weighted by molar-refractivity contribution is -0.137. The van der Waals surface area contributed by atoms with Gasteiger partial charge in [-0.1, -0.05) is 18.2 Å². The van der Waals surface area contributed by atoms with Gasteiger partial charge < -0.3 is 19.3 Å². The smallest absolute Gasteiger partial charge is 0.277 e. The summed E-state index contributed by atoms with van der Waals surface area (Å²) >= 11 is 0. The maximum atomic E-state index is 13.4. The van der Waals surface area contributed by atoms with Crippen LogP contribution in [-0.4, -0.2) is 79.6 Å². The topological polar surface area (TPSA) is 75.2 Å². The molecular weight excluding hydrogens is 420 g/mol. The number of hydrogen-bond donors (Lipinski definition) is 0. The lowest BCUT2D eigenvalue weighted by Crippen LogP contribution is -2.48. The number of pyridine rings is 1. The summed E-state index contributed by atoms with van der Waals surface area (Å²) in [6.07, 6.45) is 2.39. The molecule has 3 heterocycles. The molecule has 174 valence electrons. The summed E-state index contributed by atoms with van der Waals surface area (Å²) in [5, 5.41) is 0. The number of carbonyl (C=O) groups excluding carboxylic acids is 2. The van der Waals surface area contributed by atoms with Gasteiger partial charge in [-0.25, -0.2) is 4.98 Å². The summed E-state index contributed by atoms with van der Waals surface area (Å²) in [5.74, 6) is 1.18. The highest BCUT2D eigenvalue weighted by atomic mass is 16.5. The number of ether oxygens (including phenoxy) is 2. The molecular formula is C25H30N4O4. The van der Waals surface area contributed by atoms with Crippen molar-refractivity contribution < 1.29 is 19.1 Å². The number of piperazine rings is 1. The van der Waals surface area contributed by atoms with Crippen molar-refractivity contribution in [2.24, 2.45) is 0 Å². The molecule has 0 radical (unpaired) electrons. The summed E-state index contributed by atoms with van der Waals surface area (Å²) in [6, 6.07) is 13.2. The maximum Gasteiger partial charge on any atom is 0.277 e. The van der Waals surface area contributed by atoms with E-state index >= 15 is 0 Å². The highest BCUT2D eigenvalue weighted by Gasteiger charge is 2.41. The van der Waals surface area contributed by atoms with E-state index in [1.165, 1.54) is 4.90 Å². The molecule has 1 saturated heterocycles. The number of carbonyl (C=O) groups is 2. The van der Waals surface area contributed by atoms with Gasteiger partial charge in [0.25, 0.3) is 11.8 Å². The van der Waals surface area contributed by atoms with Crippen molar-refractivity contribution in [3.63, 3.8) is 0 Å². The van der Waals surface area contributed by atoms with Gasteiger partial charge in [-0.05, 0) is 43.2 Å². The van der Waals surface area contributed by atoms with Crippen molar-refractivity contribution >= 4 is 23.2 Å². The molecule has 1 aromatic heterocycles. The van der Waals surface area contributed by atoms with E-state index in [9.17, 15) is 9.59 Å². The van der Waals surface area contributed by atoms with Crippen LogP contribution in [0.3, 0.4) is 0 Å². The normalized spacial score (nSPS) is 16.7. The minimum Gasteiger partial charge on any atom is -0.494 e. The lowest BCUT2D eigenvalue weighted by atomic mass is 10.0. The zero-order valence-electron chi connectivity index (χ0n) is 19.2. The number of imide groups is 1. The Balaban J connectivity index is 1.60. The molecule has 8 nitrogen and oxygen atoms in total. The second kappa shape index (κ2) is 10.5. The summed E-state index contributed by atoms with van der Waals surface area (Å²) in [4.78, 5) is 36.8. The Kier molecular flexibility index (Phi) is 7.24. The third-order valence-electron chi connectivity index (χ3n) is 5.90. The lowest BCUT2D eigenvalue weighted by Gasteiger charge is -2.37. The van der Waals surface area contributed by atoms with Gasteiger partial charge in [-0.3, -0.25) is 14.5 Å². The highest BCUT2D eigenvalue weighted by molar-refractivity contribution is 6.35. The minimum absolute atomic E-state index is 0.230. The number of aromatic nitrogens is 1. The standard InChI is InChI=1S/C25H30N4O4/c1-3-33-20-10-8-19(9-11-20)22-23(25(31)29(24(22)30)13-6-18-32-2)28-16-14-27(15-17-28)21-7-4-5-12-26-21/h4-5,7-12H,3,6,13-18H2,1-2H3. The Bertz CT molecular complexity index is 999. The summed E-state index contributed by atoms with van der Waals surface area (Å²) < 4.78 is 10.7. The molecule has 2 aliphatic heterocycles. The van der Waals surface area contributed by atoms with Crippen LogP contribution in [0, 0.1) is 0 Å². The van der Waals surface area contributed by atoms with Crippen molar-refractivity contribution in [2.45, 2.75) is 13.3 Å². The number of amides is 2. The van der Waals surface area contributed by atoms with Gasteiger partial charge in [-0.15, -0.1) is 0 Å². The monoisotopic (exact) mass is 450 g/mol. The average Bonchev–Trinajstić information content (AvgIpc) is 3.10. The Morgan fingerprint density at radius 1 is 0.939 bits per heavy atom. The molecule has 0 saturated carbocycles. The molecule has 2 amide bonds. The number of nitrogens with zero attached hydrogens (tertiary/aromatic N) is 4. The molecule has 1 aromatic carbocycles. The SMILES string of the molecule is CCOc1ccc(C2=C(N3CCN(c4ccccn4)CC3)C(=O)N(CCCOC)C2=O)cc1. The van der Waals surface area contributed by atoms with Gasteiger partial charge in [0.2, 0.25) is 0 Å². The predicted octanol–water partition coefficient (Wildman–Crippen LogP) is 2.42. The zero-order chi connectivity index (χ0) is 23.2. The molecule has 8 heteroatoms. The summed E-state index contributed by atoms with van der Waals surface area (Å²) in [6.45, 7) is 6.05. The minimum atomic E-state index is -0.248. The molecule has 0 unspecified atom stereocenters. The van der Waals surface area contributed by atoms with Crippen molar-refractivity contribution in [3.8, 4) is 5.75 Å².